The van der Waals surface area contributed by atoms with Crippen molar-refractivity contribution in [2.24, 2.45) is 0 Å². The number of amides is 3. The van der Waals surface area contributed by atoms with Gasteiger partial charge in [-0.3, -0.25) is 25.2 Å². The molecule has 0 aromatic heterocycles. The van der Waals surface area contributed by atoms with Crippen molar-refractivity contribution in [3.05, 3.63) is 47.0 Å². The summed E-state index contributed by atoms with van der Waals surface area (Å²) >= 11 is 7.19. The van der Waals surface area contributed by atoms with E-state index in [1.165, 1.54) is 38.1 Å². The number of carbonyl (C=O) groups excluding carboxylic acids is 3. The predicted octanol–water partition coefficient (Wildman–Crippen LogP) is 2.62. The molecule has 1 aliphatic rings. The number of rotatable bonds is 5. The van der Waals surface area contributed by atoms with E-state index < -0.39 is 17.1 Å². The molecule has 3 rings (SSSR count). The van der Waals surface area contributed by atoms with Gasteiger partial charge in [-0.05, 0) is 36.4 Å². The number of thioether (sulfide) groups is 1. The van der Waals surface area contributed by atoms with Crippen LogP contribution in [0.2, 0.25) is 5.02 Å². The third kappa shape index (κ3) is 4.93. The Kier molecular flexibility index (Phi) is 6.50. The first-order valence-electron chi connectivity index (χ1n) is 8.49. The van der Waals surface area contributed by atoms with Gasteiger partial charge in [0.15, 0.2) is 11.5 Å². The van der Waals surface area contributed by atoms with E-state index in [9.17, 15) is 14.4 Å². The lowest BCUT2D eigenvalue weighted by molar-refractivity contribution is -0.124. The Labute approximate surface area is 176 Å². The molecule has 0 spiro atoms. The van der Waals surface area contributed by atoms with E-state index >= 15 is 0 Å². The summed E-state index contributed by atoms with van der Waals surface area (Å²) in [7, 11) is 2.95. The Morgan fingerprint density at radius 1 is 1.10 bits per heavy atom. The molecule has 0 saturated carbocycles. The maximum atomic E-state index is 12.2. The number of hydrogen-bond acceptors (Lipinski definition) is 6. The second kappa shape index (κ2) is 9.06. The van der Waals surface area contributed by atoms with Gasteiger partial charge in [0.05, 0.1) is 25.2 Å². The zero-order valence-electron chi connectivity index (χ0n) is 15.6. The number of halogens is 1. The van der Waals surface area contributed by atoms with Crippen LogP contribution < -0.4 is 25.6 Å². The molecule has 1 heterocycles. The lowest BCUT2D eigenvalue weighted by Crippen LogP contribution is -2.44. The summed E-state index contributed by atoms with van der Waals surface area (Å²) in [6, 6.07) is 9.77. The summed E-state index contributed by atoms with van der Waals surface area (Å²) in [4.78, 5) is 37.5. The Morgan fingerprint density at radius 3 is 2.59 bits per heavy atom. The summed E-state index contributed by atoms with van der Waals surface area (Å²) in [6.07, 6.45) is -0.106. The van der Waals surface area contributed by atoms with Crippen LogP contribution in [0.25, 0.3) is 0 Å². The topological polar surface area (TPSA) is 106 Å². The molecule has 0 unspecified atom stereocenters. The van der Waals surface area contributed by atoms with Gasteiger partial charge in [0.2, 0.25) is 11.8 Å². The number of ether oxygens (including phenoxy) is 2. The summed E-state index contributed by atoms with van der Waals surface area (Å²) in [5, 5.41) is 2.62. The van der Waals surface area contributed by atoms with E-state index in [0.717, 1.165) is 4.90 Å². The number of anilines is 1. The Hall–Kier alpha value is -2.91. The van der Waals surface area contributed by atoms with Crippen LogP contribution in [-0.4, -0.2) is 37.2 Å². The molecule has 0 saturated heterocycles. The fourth-order valence-electron chi connectivity index (χ4n) is 2.65. The summed E-state index contributed by atoms with van der Waals surface area (Å²) in [5.74, 6) is -0.453. The van der Waals surface area contributed by atoms with Gasteiger partial charge < -0.3 is 14.8 Å². The molecular formula is C19H18ClN3O5S. The smallest absolute Gasteiger partial charge is 0.269 e. The zero-order valence-corrected chi connectivity index (χ0v) is 17.1. The van der Waals surface area contributed by atoms with Crippen LogP contribution in [0.5, 0.6) is 11.5 Å². The van der Waals surface area contributed by atoms with E-state index in [0.29, 0.717) is 22.2 Å². The third-order valence-corrected chi connectivity index (χ3v) is 5.60. The van der Waals surface area contributed by atoms with Crippen molar-refractivity contribution in [1.29, 1.82) is 0 Å². The van der Waals surface area contributed by atoms with Gasteiger partial charge in [-0.25, -0.2) is 0 Å². The van der Waals surface area contributed by atoms with Crippen molar-refractivity contribution in [2.45, 2.75) is 16.6 Å². The largest absolute Gasteiger partial charge is 0.493 e. The van der Waals surface area contributed by atoms with Crippen molar-refractivity contribution >= 4 is 46.8 Å². The van der Waals surface area contributed by atoms with Gasteiger partial charge in [0, 0.05) is 21.9 Å². The molecule has 1 aliphatic heterocycles. The highest BCUT2D eigenvalue weighted by atomic mass is 35.5. The van der Waals surface area contributed by atoms with E-state index in [1.807, 2.05) is 0 Å². The quantitative estimate of drug-likeness (QED) is 0.623. The Balaban J connectivity index is 1.56. The molecule has 10 heteroatoms. The number of carbonyl (C=O) groups is 3. The SMILES string of the molecule is COc1ccc(C(=O)NNC(=O)C[C@@H]2Sc3ccc(Cl)cc3NC2=O)cc1OC. The summed E-state index contributed by atoms with van der Waals surface area (Å²) in [5.41, 5.74) is 5.54. The van der Waals surface area contributed by atoms with E-state index in [2.05, 4.69) is 16.2 Å². The lowest BCUT2D eigenvalue weighted by Gasteiger charge is -2.23. The summed E-state index contributed by atoms with van der Waals surface area (Å²) < 4.78 is 10.3. The Morgan fingerprint density at radius 2 is 1.86 bits per heavy atom. The van der Waals surface area contributed by atoms with Gasteiger partial charge in [0.25, 0.3) is 5.91 Å². The fourth-order valence-corrected chi connectivity index (χ4v) is 3.92. The van der Waals surface area contributed by atoms with Crippen LogP contribution in [-0.2, 0) is 9.59 Å². The molecule has 1 atom stereocenters. The van der Waals surface area contributed by atoms with E-state index in [-0.39, 0.29) is 17.9 Å². The molecule has 2 aromatic rings. The van der Waals surface area contributed by atoms with Crippen LogP contribution in [0, 0.1) is 0 Å². The predicted molar refractivity (Wildman–Crippen MR) is 109 cm³/mol. The number of benzene rings is 2. The number of fused-ring (bicyclic) bond motifs is 1. The number of nitrogens with one attached hydrogen (secondary N) is 3. The van der Waals surface area contributed by atoms with E-state index in [1.54, 1.807) is 24.3 Å². The second-order valence-corrected chi connectivity index (χ2v) is 7.69. The van der Waals surface area contributed by atoms with Crippen molar-refractivity contribution < 1.29 is 23.9 Å². The van der Waals surface area contributed by atoms with Gasteiger partial charge in [-0.15, -0.1) is 11.8 Å². The molecule has 152 valence electrons. The molecule has 0 radical (unpaired) electrons. The van der Waals surface area contributed by atoms with E-state index in [4.69, 9.17) is 21.1 Å². The first-order valence-corrected chi connectivity index (χ1v) is 9.75. The molecule has 8 nitrogen and oxygen atoms in total. The van der Waals surface area contributed by atoms with Crippen LogP contribution >= 0.6 is 23.4 Å². The third-order valence-electron chi connectivity index (χ3n) is 4.09. The molecular weight excluding hydrogens is 418 g/mol. The minimum atomic E-state index is -0.623. The van der Waals surface area contributed by atoms with Gasteiger partial charge in [-0.2, -0.15) is 0 Å². The van der Waals surface area contributed by atoms with Crippen LogP contribution in [0.1, 0.15) is 16.8 Å². The number of methoxy groups -OCH3 is 2. The minimum Gasteiger partial charge on any atom is -0.493 e. The molecule has 3 amide bonds. The normalized spacial score (nSPS) is 15.0. The van der Waals surface area contributed by atoms with Crippen molar-refractivity contribution in [1.82, 2.24) is 10.9 Å². The first kappa shape index (κ1) is 20.8. The Bertz CT molecular complexity index is 969. The van der Waals surface area contributed by atoms with Gasteiger partial charge in [-0.1, -0.05) is 11.6 Å². The highest BCUT2D eigenvalue weighted by molar-refractivity contribution is 8.01. The average molecular weight is 436 g/mol. The van der Waals surface area contributed by atoms with Crippen LogP contribution in [0.3, 0.4) is 0 Å². The monoisotopic (exact) mass is 435 g/mol. The van der Waals surface area contributed by atoms with Crippen molar-refractivity contribution in [2.75, 3.05) is 19.5 Å². The maximum Gasteiger partial charge on any atom is 0.269 e. The highest BCUT2D eigenvalue weighted by Crippen LogP contribution is 2.38. The lowest BCUT2D eigenvalue weighted by atomic mass is 10.2. The number of hydrazine groups is 1. The molecule has 29 heavy (non-hydrogen) atoms. The van der Waals surface area contributed by atoms with Crippen molar-refractivity contribution in [3.8, 4) is 11.5 Å². The fraction of sp³-hybridized carbons (Fsp3) is 0.211. The average Bonchev–Trinajstić information content (AvgIpc) is 2.72. The number of hydrogen-bond donors (Lipinski definition) is 3. The first-order chi connectivity index (χ1) is 13.9. The van der Waals surface area contributed by atoms with Gasteiger partial charge in [0.1, 0.15) is 0 Å². The molecule has 0 fully saturated rings. The van der Waals surface area contributed by atoms with Gasteiger partial charge >= 0.3 is 0 Å². The minimum absolute atomic E-state index is 0.106. The summed E-state index contributed by atoms with van der Waals surface area (Å²) in [6.45, 7) is 0. The second-order valence-electron chi connectivity index (χ2n) is 6.01. The van der Waals surface area contributed by atoms with Crippen LogP contribution in [0.15, 0.2) is 41.3 Å². The van der Waals surface area contributed by atoms with Crippen LogP contribution in [0.4, 0.5) is 5.69 Å². The maximum absolute atomic E-state index is 12.2. The molecule has 2 aromatic carbocycles. The molecule has 3 N–H and O–H groups in total. The zero-order chi connectivity index (χ0) is 21.0. The highest BCUT2D eigenvalue weighted by Gasteiger charge is 2.29. The molecule has 0 aliphatic carbocycles. The molecule has 0 bridgehead atoms. The standard InChI is InChI=1S/C19H18ClN3O5S/c1-27-13-5-3-10(7-14(13)28-2)18(25)23-22-17(24)9-16-19(26)21-12-8-11(20)4-6-15(12)29-16/h3-8,16H,9H2,1-2H3,(H,21,26)(H,22,24)(H,23,25)/t16-/m0/s1. The van der Waals surface area contributed by atoms with Crippen molar-refractivity contribution in [3.63, 3.8) is 0 Å².